The lowest BCUT2D eigenvalue weighted by atomic mass is 9.78. The first-order valence-corrected chi connectivity index (χ1v) is 7.80. The topological polar surface area (TPSA) is 38.5 Å². The normalized spacial score (nSPS) is 36.5. The fourth-order valence-electron chi connectivity index (χ4n) is 3.60. The highest BCUT2D eigenvalue weighted by molar-refractivity contribution is 4.86. The molecule has 1 saturated carbocycles. The van der Waals surface area contributed by atoms with E-state index < -0.39 is 0 Å². The van der Waals surface area contributed by atoms with Gasteiger partial charge in [-0.15, -0.1) is 0 Å². The fourth-order valence-corrected chi connectivity index (χ4v) is 3.60. The summed E-state index contributed by atoms with van der Waals surface area (Å²) in [6.45, 7) is 8.46. The molecule has 0 amide bonds. The zero-order valence-electron chi connectivity index (χ0n) is 12.1. The molecule has 1 aliphatic carbocycles. The predicted molar refractivity (Wildman–Crippen MR) is 75.6 cm³/mol. The van der Waals surface area contributed by atoms with Crippen LogP contribution in [0.3, 0.4) is 0 Å². The number of nitrogens with zero attached hydrogens (tertiary/aromatic N) is 1. The largest absolute Gasteiger partial charge is 0.376 e. The van der Waals surface area contributed by atoms with Gasteiger partial charge in [0.05, 0.1) is 12.7 Å². The molecule has 1 heterocycles. The van der Waals surface area contributed by atoms with Crippen molar-refractivity contribution in [2.45, 2.75) is 58.1 Å². The zero-order chi connectivity index (χ0) is 13.0. The van der Waals surface area contributed by atoms with Gasteiger partial charge in [0, 0.05) is 25.7 Å². The van der Waals surface area contributed by atoms with E-state index in [2.05, 4.69) is 18.7 Å². The van der Waals surface area contributed by atoms with Gasteiger partial charge >= 0.3 is 0 Å². The monoisotopic (exact) mass is 254 g/mol. The molecule has 1 saturated heterocycles. The van der Waals surface area contributed by atoms with Gasteiger partial charge in [-0.3, -0.25) is 4.90 Å². The molecule has 2 atom stereocenters. The molecule has 3 nitrogen and oxygen atoms in total. The first-order chi connectivity index (χ1) is 8.74. The van der Waals surface area contributed by atoms with Gasteiger partial charge in [-0.2, -0.15) is 0 Å². The molecule has 106 valence electrons. The molecule has 0 aromatic rings. The Morgan fingerprint density at radius 3 is 2.61 bits per heavy atom. The van der Waals surface area contributed by atoms with E-state index in [0.717, 1.165) is 44.5 Å². The molecule has 0 aromatic heterocycles. The van der Waals surface area contributed by atoms with Crippen LogP contribution in [0.4, 0.5) is 0 Å². The van der Waals surface area contributed by atoms with Crippen LogP contribution in [0.2, 0.25) is 0 Å². The third-order valence-electron chi connectivity index (χ3n) is 4.94. The highest BCUT2D eigenvalue weighted by atomic mass is 16.5. The minimum absolute atomic E-state index is 0.426. The van der Waals surface area contributed by atoms with Crippen molar-refractivity contribution in [1.29, 1.82) is 0 Å². The number of hydrogen-bond donors (Lipinski definition) is 1. The minimum atomic E-state index is 0.426. The number of ether oxygens (including phenoxy) is 1. The lowest BCUT2D eigenvalue weighted by molar-refractivity contribution is -0.0547. The van der Waals surface area contributed by atoms with Gasteiger partial charge in [0.15, 0.2) is 0 Å². The van der Waals surface area contributed by atoms with Gasteiger partial charge in [0.25, 0.3) is 0 Å². The highest BCUT2D eigenvalue weighted by Crippen LogP contribution is 2.32. The van der Waals surface area contributed by atoms with Gasteiger partial charge in [0.1, 0.15) is 0 Å². The molecular formula is C15H30N2O. The second-order valence-electron chi connectivity index (χ2n) is 6.22. The number of morpholine rings is 1. The maximum Gasteiger partial charge on any atom is 0.0700 e. The van der Waals surface area contributed by atoms with E-state index in [0.29, 0.717) is 12.1 Å². The number of nitrogens with two attached hydrogens (primary N) is 1. The standard InChI is InChI=1S/C15H30N2O/c1-3-14-11-17(8-9-18-14)15(10-16)13-6-4-12(2)5-7-13/h12-15H,3-11,16H2,1-2H3. The highest BCUT2D eigenvalue weighted by Gasteiger charge is 2.32. The maximum atomic E-state index is 6.07. The molecule has 2 unspecified atom stereocenters. The van der Waals surface area contributed by atoms with Crippen LogP contribution in [-0.4, -0.2) is 43.3 Å². The molecule has 1 aliphatic heterocycles. The Morgan fingerprint density at radius 1 is 1.28 bits per heavy atom. The van der Waals surface area contributed by atoms with Gasteiger partial charge in [-0.05, 0) is 31.1 Å². The Bertz CT molecular complexity index is 239. The first-order valence-electron chi connectivity index (χ1n) is 7.80. The van der Waals surface area contributed by atoms with Crippen LogP contribution in [-0.2, 0) is 4.74 Å². The van der Waals surface area contributed by atoms with E-state index in [-0.39, 0.29) is 0 Å². The van der Waals surface area contributed by atoms with Gasteiger partial charge in [-0.1, -0.05) is 26.7 Å². The maximum absolute atomic E-state index is 6.07. The second-order valence-corrected chi connectivity index (χ2v) is 6.22. The Hall–Kier alpha value is -0.120. The van der Waals surface area contributed by atoms with Gasteiger partial charge in [-0.25, -0.2) is 0 Å². The van der Waals surface area contributed by atoms with Crippen LogP contribution in [0, 0.1) is 11.8 Å². The van der Waals surface area contributed by atoms with Crippen molar-refractivity contribution in [1.82, 2.24) is 4.90 Å². The molecule has 0 bridgehead atoms. The van der Waals surface area contributed by atoms with Crippen LogP contribution < -0.4 is 5.73 Å². The summed E-state index contributed by atoms with van der Waals surface area (Å²) >= 11 is 0. The molecular weight excluding hydrogens is 224 g/mol. The lowest BCUT2D eigenvalue weighted by Crippen LogP contribution is -2.53. The summed E-state index contributed by atoms with van der Waals surface area (Å²) in [6.07, 6.45) is 7.07. The molecule has 3 heteroatoms. The van der Waals surface area contributed by atoms with E-state index in [1.807, 2.05) is 0 Å². The van der Waals surface area contributed by atoms with Crippen molar-refractivity contribution in [3.05, 3.63) is 0 Å². The molecule has 2 rings (SSSR count). The quantitative estimate of drug-likeness (QED) is 0.836. The zero-order valence-corrected chi connectivity index (χ0v) is 12.1. The summed E-state index contributed by atoms with van der Waals surface area (Å²) in [4.78, 5) is 2.61. The summed E-state index contributed by atoms with van der Waals surface area (Å²) in [5.41, 5.74) is 6.07. The van der Waals surface area contributed by atoms with Crippen LogP contribution >= 0.6 is 0 Å². The van der Waals surface area contributed by atoms with Gasteiger partial charge in [0.2, 0.25) is 0 Å². The van der Waals surface area contributed by atoms with E-state index in [1.54, 1.807) is 0 Å². The SMILES string of the molecule is CCC1CN(C(CN)C2CCC(C)CC2)CCO1. The Morgan fingerprint density at radius 2 is 2.00 bits per heavy atom. The Labute approximate surface area is 112 Å². The van der Waals surface area contributed by atoms with Crippen LogP contribution in [0.25, 0.3) is 0 Å². The van der Waals surface area contributed by atoms with E-state index >= 15 is 0 Å². The first kappa shape index (κ1) is 14.3. The molecule has 2 fully saturated rings. The van der Waals surface area contributed by atoms with Crippen molar-refractivity contribution in [3.63, 3.8) is 0 Å². The van der Waals surface area contributed by atoms with E-state index in [1.165, 1.54) is 25.7 Å². The molecule has 0 spiro atoms. The third kappa shape index (κ3) is 3.46. The predicted octanol–water partition coefficient (Wildman–Crippen LogP) is 2.25. The summed E-state index contributed by atoms with van der Waals surface area (Å²) in [7, 11) is 0. The third-order valence-corrected chi connectivity index (χ3v) is 4.94. The number of hydrogen-bond acceptors (Lipinski definition) is 3. The van der Waals surface area contributed by atoms with Crippen LogP contribution in [0.15, 0.2) is 0 Å². The Kier molecular flexibility index (Phi) is 5.46. The molecule has 0 aromatic carbocycles. The number of rotatable bonds is 4. The van der Waals surface area contributed by atoms with Crippen LogP contribution in [0.5, 0.6) is 0 Å². The van der Waals surface area contributed by atoms with Gasteiger partial charge < -0.3 is 10.5 Å². The minimum Gasteiger partial charge on any atom is -0.376 e. The summed E-state index contributed by atoms with van der Waals surface area (Å²) < 4.78 is 5.77. The Balaban J connectivity index is 1.91. The van der Waals surface area contributed by atoms with E-state index in [9.17, 15) is 0 Å². The van der Waals surface area contributed by atoms with Crippen molar-refractivity contribution < 1.29 is 4.74 Å². The summed E-state index contributed by atoms with van der Waals surface area (Å²) in [5.74, 6) is 1.74. The van der Waals surface area contributed by atoms with Crippen molar-refractivity contribution in [2.24, 2.45) is 17.6 Å². The molecule has 0 radical (unpaired) electrons. The summed E-state index contributed by atoms with van der Waals surface area (Å²) in [6, 6.07) is 0.593. The average molecular weight is 254 g/mol. The second kappa shape index (κ2) is 6.88. The summed E-state index contributed by atoms with van der Waals surface area (Å²) in [5, 5.41) is 0. The van der Waals surface area contributed by atoms with Crippen molar-refractivity contribution >= 4 is 0 Å². The molecule has 18 heavy (non-hydrogen) atoms. The lowest BCUT2D eigenvalue weighted by Gasteiger charge is -2.43. The average Bonchev–Trinajstić information content (AvgIpc) is 2.42. The smallest absolute Gasteiger partial charge is 0.0700 e. The van der Waals surface area contributed by atoms with Crippen LogP contribution in [0.1, 0.15) is 46.0 Å². The fraction of sp³-hybridized carbons (Fsp3) is 1.00. The van der Waals surface area contributed by atoms with Crippen molar-refractivity contribution in [3.8, 4) is 0 Å². The molecule has 2 aliphatic rings. The van der Waals surface area contributed by atoms with Crippen molar-refractivity contribution in [2.75, 3.05) is 26.2 Å². The molecule has 2 N–H and O–H groups in total. The van der Waals surface area contributed by atoms with E-state index in [4.69, 9.17) is 10.5 Å².